The number of hydrogen-bond acceptors (Lipinski definition) is 13. The highest BCUT2D eigenvalue weighted by atomic mass is 16.7. The van der Waals surface area contributed by atoms with Crippen molar-refractivity contribution in [1.82, 2.24) is 0 Å². The van der Waals surface area contributed by atoms with Crippen LogP contribution in [0.15, 0.2) is 36.5 Å². The van der Waals surface area contributed by atoms with Crippen LogP contribution in [-0.4, -0.2) is 127 Å². The molecular formula is C35H56O13. The van der Waals surface area contributed by atoms with Gasteiger partial charge in [0, 0.05) is 44.5 Å². The topological polar surface area (TPSA) is 180 Å². The number of ether oxygens (including phenoxy) is 7. The predicted octanol–water partition coefficient (Wildman–Crippen LogP) is 1.84. The van der Waals surface area contributed by atoms with Crippen LogP contribution < -0.4 is 0 Å². The second kappa shape index (κ2) is 18.3. The maximum absolute atomic E-state index is 13.1. The van der Waals surface area contributed by atoms with Crippen LogP contribution in [0, 0.1) is 23.7 Å². The van der Waals surface area contributed by atoms with Gasteiger partial charge < -0.3 is 53.6 Å². The molecule has 4 N–H and O–H groups in total. The van der Waals surface area contributed by atoms with Crippen LogP contribution in [0.3, 0.4) is 0 Å². The number of carbonyl (C=O) groups is 2. The Kier molecular flexibility index (Phi) is 15.4. The Morgan fingerprint density at radius 3 is 2.21 bits per heavy atom. The number of hydrogen-bond donors (Lipinski definition) is 4. The van der Waals surface area contributed by atoms with E-state index in [1.54, 1.807) is 45.1 Å². The zero-order chi connectivity index (χ0) is 35.8. The SMILES string of the molecule is CO[C@@H]1[C@H](O)[C@@H](C)O[C@@H](OCC2/C=C/C=C/C(=O)[C@H](C)C[C@H](C)[C@H](OC3OC(C)C[C@](O)(CO)[C@H]3O)[C@@H](C)/C=C/C(=O)O[C@@H]2C)[C@@H]1OC. The molecule has 0 radical (unpaired) electrons. The van der Waals surface area contributed by atoms with E-state index in [0.717, 1.165) is 0 Å². The smallest absolute Gasteiger partial charge is 0.330 e. The Morgan fingerprint density at radius 1 is 0.875 bits per heavy atom. The zero-order valence-electron chi connectivity index (χ0n) is 29.3. The summed E-state index contributed by atoms with van der Waals surface area (Å²) in [4.78, 5) is 26.1. The molecule has 274 valence electrons. The number of cyclic esters (lactones) is 1. The van der Waals surface area contributed by atoms with Crippen LogP contribution in [-0.2, 0) is 42.7 Å². The van der Waals surface area contributed by atoms with Crippen molar-refractivity contribution in [2.75, 3.05) is 27.4 Å². The first-order valence-electron chi connectivity index (χ1n) is 16.8. The molecule has 0 aliphatic carbocycles. The number of ketones is 1. The molecule has 0 spiro atoms. The van der Waals surface area contributed by atoms with Crippen LogP contribution in [0.2, 0.25) is 0 Å². The van der Waals surface area contributed by atoms with Gasteiger partial charge in [-0.15, -0.1) is 0 Å². The summed E-state index contributed by atoms with van der Waals surface area (Å²) >= 11 is 0. The minimum absolute atomic E-state index is 0.0269. The lowest BCUT2D eigenvalue weighted by Gasteiger charge is -2.45. The van der Waals surface area contributed by atoms with Gasteiger partial charge in [0.2, 0.25) is 0 Å². The van der Waals surface area contributed by atoms with E-state index in [0.29, 0.717) is 6.42 Å². The Labute approximate surface area is 283 Å². The van der Waals surface area contributed by atoms with Gasteiger partial charge in [0.05, 0.1) is 31.5 Å². The number of esters is 1. The molecule has 13 heteroatoms. The van der Waals surface area contributed by atoms with Crippen LogP contribution in [0.5, 0.6) is 0 Å². The highest BCUT2D eigenvalue weighted by molar-refractivity contribution is 5.91. The van der Waals surface area contributed by atoms with Gasteiger partial charge in [0.25, 0.3) is 0 Å². The molecule has 13 nitrogen and oxygen atoms in total. The molecule has 0 bridgehead atoms. The number of carbonyl (C=O) groups excluding carboxylic acids is 2. The quantitative estimate of drug-likeness (QED) is 0.273. The third-order valence-corrected chi connectivity index (χ3v) is 9.60. The van der Waals surface area contributed by atoms with E-state index in [1.807, 2.05) is 20.8 Å². The van der Waals surface area contributed by atoms with Crippen LogP contribution in [0.4, 0.5) is 0 Å². The lowest BCUT2D eigenvalue weighted by atomic mass is 9.84. The van der Waals surface area contributed by atoms with E-state index in [9.17, 15) is 30.0 Å². The molecule has 0 aromatic rings. The van der Waals surface area contributed by atoms with Gasteiger partial charge in [0.1, 0.15) is 36.1 Å². The first kappa shape index (κ1) is 40.4. The minimum atomic E-state index is -1.80. The van der Waals surface area contributed by atoms with Gasteiger partial charge in [-0.1, -0.05) is 45.1 Å². The Hall–Kier alpha value is -2.04. The van der Waals surface area contributed by atoms with E-state index >= 15 is 0 Å². The zero-order valence-corrected chi connectivity index (χ0v) is 29.3. The second-order valence-corrected chi connectivity index (χ2v) is 13.5. The van der Waals surface area contributed by atoms with Crippen LogP contribution in [0.25, 0.3) is 0 Å². The van der Waals surface area contributed by atoms with Gasteiger partial charge >= 0.3 is 5.97 Å². The molecule has 3 rings (SSSR count). The first-order chi connectivity index (χ1) is 22.6. The summed E-state index contributed by atoms with van der Waals surface area (Å²) in [6, 6.07) is 0. The number of allylic oxidation sites excluding steroid dienone is 3. The summed E-state index contributed by atoms with van der Waals surface area (Å²) in [6.07, 6.45) is 1.69. The number of aliphatic hydroxyl groups excluding tert-OH is 3. The van der Waals surface area contributed by atoms with Crippen molar-refractivity contribution in [3.63, 3.8) is 0 Å². The first-order valence-corrected chi connectivity index (χ1v) is 16.8. The van der Waals surface area contributed by atoms with Gasteiger partial charge in [-0.25, -0.2) is 4.79 Å². The summed E-state index contributed by atoms with van der Waals surface area (Å²) < 4.78 is 40.9. The molecule has 0 aromatic heterocycles. The van der Waals surface area contributed by atoms with Gasteiger partial charge in [0.15, 0.2) is 18.4 Å². The lowest BCUT2D eigenvalue weighted by molar-refractivity contribution is -0.314. The average Bonchev–Trinajstić information content (AvgIpc) is 3.04. The van der Waals surface area contributed by atoms with E-state index < -0.39 is 91.4 Å². The van der Waals surface area contributed by atoms with Crippen molar-refractivity contribution in [2.45, 2.75) is 121 Å². The van der Waals surface area contributed by atoms with Crippen LogP contribution >= 0.6 is 0 Å². The molecule has 0 amide bonds. The predicted molar refractivity (Wildman–Crippen MR) is 173 cm³/mol. The third kappa shape index (κ3) is 10.3. The maximum Gasteiger partial charge on any atom is 0.330 e. The molecule has 3 aliphatic rings. The summed E-state index contributed by atoms with van der Waals surface area (Å²) in [7, 11) is 2.95. The summed E-state index contributed by atoms with van der Waals surface area (Å²) in [5.41, 5.74) is -1.80. The van der Waals surface area contributed by atoms with E-state index in [1.165, 1.54) is 26.4 Å². The van der Waals surface area contributed by atoms with E-state index in [4.69, 9.17) is 33.2 Å². The molecule has 15 atom stereocenters. The van der Waals surface area contributed by atoms with Crippen molar-refractivity contribution in [3.05, 3.63) is 36.5 Å². The van der Waals surface area contributed by atoms with Gasteiger partial charge in [-0.2, -0.15) is 0 Å². The van der Waals surface area contributed by atoms with Crippen molar-refractivity contribution >= 4 is 11.8 Å². The van der Waals surface area contributed by atoms with Crippen molar-refractivity contribution < 1.29 is 63.2 Å². The monoisotopic (exact) mass is 684 g/mol. The highest BCUT2D eigenvalue weighted by Crippen LogP contribution is 2.34. The van der Waals surface area contributed by atoms with Crippen molar-refractivity contribution in [2.24, 2.45) is 23.7 Å². The van der Waals surface area contributed by atoms with Gasteiger partial charge in [-0.3, -0.25) is 4.79 Å². The second-order valence-electron chi connectivity index (χ2n) is 13.5. The highest BCUT2D eigenvalue weighted by Gasteiger charge is 2.49. The Balaban J connectivity index is 1.82. The molecule has 3 unspecified atom stereocenters. The average molecular weight is 685 g/mol. The summed E-state index contributed by atoms with van der Waals surface area (Å²) in [5.74, 6) is -2.18. The number of methoxy groups -OCH3 is 2. The molecule has 2 saturated heterocycles. The van der Waals surface area contributed by atoms with E-state index in [-0.39, 0.29) is 30.6 Å². The summed E-state index contributed by atoms with van der Waals surface area (Å²) in [6.45, 7) is 10.1. The fourth-order valence-electron chi connectivity index (χ4n) is 6.59. The third-order valence-electron chi connectivity index (χ3n) is 9.60. The maximum atomic E-state index is 13.1. The lowest BCUT2D eigenvalue weighted by Crippen LogP contribution is -2.60. The summed E-state index contributed by atoms with van der Waals surface area (Å²) in [5, 5.41) is 42.0. The van der Waals surface area contributed by atoms with Crippen molar-refractivity contribution in [3.8, 4) is 0 Å². The number of rotatable bonds is 8. The van der Waals surface area contributed by atoms with Crippen molar-refractivity contribution in [1.29, 1.82) is 0 Å². The molecule has 3 aliphatic heterocycles. The fraction of sp³-hybridized carbons (Fsp3) is 0.771. The van der Waals surface area contributed by atoms with E-state index in [2.05, 4.69) is 0 Å². The fourth-order valence-corrected chi connectivity index (χ4v) is 6.59. The minimum Gasteiger partial charge on any atom is -0.459 e. The molecule has 0 saturated carbocycles. The standard InChI is InChI=1S/C35H56O13/c1-19-13-14-27(38)46-23(5)25(17-44-33-31(43-8)30(42-7)28(39)24(6)47-33)11-9-10-12-26(37)20(2)15-21(3)29(19)48-34-32(40)35(41,18-36)16-22(4)45-34/h9-14,19-25,28-34,36,39-41H,15-18H2,1-8H3/b11-9+,12-10+,14-13+/t19-,20+,21-,22?,23+,24+,25?,28+,29+,30+,31+,32-,33+,34?,35-/m0/s1. The van der Waals surface area contributed by atoms with Gasteiger partial charge in [-0.05, 0) is 39.2 Å². The largest absolute Gasteiger partial charge is 0.459 e. The molecule has 2 fully saturated rings. The molecule has 0 aromatic carbocycles. The molecule has 48 heavy (non-hydrogen) atoms. The molecular weight excluding hydrogens is 628 g/mol. The van der Waals surface area contributed by atoms with Crippen LogP contribution in [0.1, 0.15) is 54.4 Å². The number of aliphatic hydroxyl groups is 4. The Morgan fingerprint density at radius 2 is 1.56 bits per heavy atom. The normalized spacial score (nSPS) is 45.7. The molecule has 3 heterocycles. The Bertz CT molecular complexity index is 1130.